The van der Waals surface area contributed by atoms with Crippen molar-refractivity contribution in [3.63, 3.8) is 0 Å². The summed E-state index contributed by atoms with van der Waals surface area (Å²) in [7, 11) is 1.94. The number of esters is 1. The molecule has 0 N–H and O–H groups in total. The van der Waals surface area contributed by atoms with Crippen molar-refractivity contribution < 1.29 is 19.1 Å². The number of hydrogen-bond acceptors (Lipinski definition) is 5. The maximum atomic E-state index is 13.5. The number of likely N-dealkylation sites (tertiary alicyclic amines) is 1. The fourth-order valence-electron chi connectivity index (χ4n) is 8.33. The smallest absolute Gasteiger partial charge is 0.308 e. The molecule has 6 heteroatoms. The Bertz CT molecular complexity index is 1360. The quantitative estimate of drug-likeness (QED) is 0.304. The van der Waals surface area contributed by atoms with E-state index in [1.54, 1.807) is 6.08 Å². The van der Waals surface area contributed by atoms with E-state index in [0.29, 0.717) is 17.7 Å². The van der Waals surface area contributed by atoms with Crippen LogP contribution in [0.15, 0.2) is 42.5 Å². The summed E-state index contributed by atoms with van der Waals surface area (Å²) in [5.74, 6) is 2.65. The molecule has 1 amide bonds. The molecule has 5 atom stereocenters. The molecule has 1 spiro atoms. The molecule has 0 radical (unpaired) electrons. The van der Waals surface area contributed by atoms with E-state index in [0.717, 1.165) is 55.0 Å². The lowest BCUT2D eigenvalue weighted by molar-refractivity contribution is -0.135. The minimum Gasteiger partial charge on any atom is -0.487 e. The lowest BCUT2D eigenvalue weighted by atomic mass is 9.51. The zero-order valence-electron chi connectivity index (χ0n) is 23.2. The third-order valence-electron chi connectivity index (χ3n) is 10.2. The molecule has 0 aromatic heterocycles. The number of rotatable bonds is 6. The number of ether oxygens (including phenoxy) is 2. The van der Waals surface area contributed by atoms with E-state index < -0.39 is 0 Å². The van der Waals surface area contributed by atoms with E-state index in [9.17, 15) is 9.59 Å². The summed E-state index contributed by atoms with van der Waals surface area (Å²) in [5.41, 5.74) is 4.47. The molecule has 2 aliphatic heterocycles. The van der Waals surface area contributed by atoms with E-state index in [-0.39, 0.29) is 29.4 Å². The van der Waals surface area contributed by atoms with E-state index >= 15 is 0 Å². The molecule has 6 nitrogen and oxygen atoms in total. The lowest BCUT2D eigenvalue weighted by Gasteiger charge is -2.60. The highest BCUT2D eigenvalue weighted by molar-refractivity contribution is 5.92. The molecule has 2 aromatic rings. The maximum Gasteiger partial charge on any atom is 0.308 e. The molecule has 2 heterocycles. The molecule has 2 saturated carbocycles. The van der Waals surface area contributed by atoms with Crippen LogP contribution in [0.25, 0.3) is 6.08 Å². The highest BCUT2D eigenvalue weighted by atomic mass is 16.5. The molecule has 1 saturated heterocycles. The number of amides is 1. The van der Waals surface area contributed by atoms with Gasteiger partial charge in [0.1, 0.15) is 17.6 Å². The number of carbonyl (C=O) groups is 2. The Balaban J connectivity index is 1.24. The Kier molecular flexibility index (Phi) is 5.89. The van der Waals surface area contributed by atoms with Crippen molar-refractivity contribution in [1.82, 2.24) is 9.80 Å². The number of nitrogens with zero attached hydrogens (tertiary/aromatic N) is 2. The van der Waals surface area contributed by atoms with Gasteiger partial charge in [-0.25, -0.2) is 0 Å². The Morgan fingerprint density at radius 3 is 2.79 bits per heavy atom. The van der Waals surface area contributed by atoms with Crippen LogP contribution in [0.2, 0.25) is 0 Å². The van der Waals surface area contributed by atoms with E-state index in [2.05, 4.69) is 24.0 Å². The van der Waals surface area contributed by atoms with Gasteiger partial charge in [0, 0.05) is 49.2 Å². The molecule has 5 aliphatic rings. The van der Waals surface area contributed by atoms with Gasteiger partial charge in [-0.1, -0.05) is 29.8 Å². The highest BCUT2D eigenvalue weighted by Crippen LogP contribution is 2.64. The number of piperidine rings is 1. The SMILES string of the molecule is CC(=O)Oc1ccc2c3c1C[C@@H]1[C@@H]4CC[C@H](N(C)C(=O)C=Cc5cccc(C)c5)[C@H](O2)[C@]34CCN1CC1CC1. The minimum atomic E-state index is -0.284. The first kappa shape index (κ1) is 24.9. The van der Waals surface area contributed by atoms with Crippen LogP contribution in [0.5, 0.6) is 11.5 Å². The summed E-state index contributed by atoms with van der Waals surface area (Å²) in [4.78, 5) is 30.1. The zero-order chi connectivity index (χ0) is 26.9. The van der Waals surface area contributed by atoms with Crippen molar-refractivity contribution in [1.29, 1.82) is 0 Å². The van der Waals surface area contributed by atoms with Gasteiger partial charge in [0.15, 0.2) is 0 Å². The molecule has 2 bridgehead atoms. The molecule has 2 aromatic carbocycles. The van der Waals surface area contributed by atoms with Crippen molar-refractivity contribution in [3.8, 4) is 11.5 Å². The molecular weight excluding hydrogens is 488 g/mol. The van der Waals surface area contributed by atoms with E-state index in [4.69, 9.17) is 9.47 Å². The third-order valence-corrected chi connectivity index (χ3v) is 10.2. The van der Waals surface area contributed by atoms with Crippen LogP contribution >= 0.6 is 0 Å². The highest BCUT2D eigenvalue weighted by Gasteiger charge is 2.66. The zero-order valence-corrected chi connectivity index (χ0v) is 23.2. The first-order valence-electron chi connectivity index (χ1n) is 14.6. The molecule has 3 aliphatic carbocycles. The number of likely N-dealkylation sites (N-methyl/N-ethyl adjacent to an activating group) is 1. The predicted octanol–water partition coefficient (Wildman–Crippen LogP) is 4.91. The van der Waals surface area contributed by atoms with Gasteiger partial charge in [-0.05, 0) is 87.6 Å². The first-order valence-corrected chi connectivity index (χ1v) is 14.6. The Morgan fingerprint density at radius 2 is 2.03 bits per heavy atom. The second-order valence-electron chi connectivity index (χ2n) is 12.5. The molecule has 3 fully saturated rings. The Hall–Kier alpha value is -3.12. The maximum absolute atomic E-state index is 13.5. The largest absolute Gasteiger partial charge is 0.487 e. The summed E-state index contributed by atoms with van der Waals surface area (Å²) in [6.45, 7) is 5.77. The number of hydrogen-bond donors (Lipinski definition) is 0. The molecule has 0 unspecified atom stereocenters. The van der Waals surface area contributed by atoms with Gasteiger partial charge in [-0.15, -0.1) is 0 Å². The van der Waals surface area contributed by atoms with E-state index in [1.165, 1.54) is 37.4 Å². The van der Waals surface area contributed by atoms with Gasteiger partial charge >= 0.3 is 5.97 Å². The van der Waals surface area contributed by atoms with Crippen molar-refractivity contribution in [2.45, 2.75) is 76.0 Å². The second kappa shape index (κ2) is 9.22. The summed E-state index contributed by atoms with van der Waals surface area (Å²) < 4.78 is 12.6. The van der Waals surface area contributed by atoms with Crippen LogP contribution in [0.3, 0.4) is 0 Å². The van der Waals surface area contributed by atoms with Crippen LogP contribution in [0, 0.1) is 18.8 Å². The molecular formula is C33H38N2O4. The number of carbonyl (C=O) groups excluding carboxylic acids is 2. The van der Waals surface area contributed by atoms with Gasteiger partial charge in [0.25, 0.3) is 0 Å². The fraction of sp³-hybridized carbons (Fsp3) is 0.515. The Morgan fingerprint density at radius 1 is 1.18 bits per heavy atom. The summed E-state index contributed by atoms with van der Waals surface area (Å²) >= 11 is 0. The lowest BCUT2D eigenvalue weighted by Crippen LogP contribution is -2.69. The van der Waals surface area contributed by atoms with Crippen molar-refractivity contribution in [3.05, 3.63) is 64.7 Å². The standard InChI is InChI=1S/C33H38N2O4/c1-20-5-4-6-22(17-20)9-14-30(37)34(3)26-11-10-25-27-18-24-28(38-21(2)36)12-13-29-31(24)33(25,32(26)39-29)15-16-35(27)19-23-7-8-23/h4-6,9,12-14,17,23,25-27,32H,7-8,10-11,15-16,18-19H2,1-3H3/t25-,26-,27+,32-,33-/m0/s1. The van der Waals surface area contributed by atoms with E-state index in [1.807, 2.05) is 42.3 Å². The predicted molar refractivity (Wildman–Crippen MR) is 150 cm³/mol. The van der Waals surface area contributed by atoms with Crippen LogP contribution in [0.1, 0.15) is 61.3 Å². The van der Waals surface area contributed by atoms with Crippen molar-refractivity contribution in [2.75, 3.05) is 20.1 Å². The van der Waals surface area contributed by atoms with Gasteiger partial charge in [-0.2, -0.15) is 0 Å². The number of benzene rings is 2. The molecule has 7 rings (SSSR count). The molecule has 204 valence electrons. The fourth-order valence-corrected chi connectivity index (χ4v) is 8.33. The second-order valence-corrected chi connectivity index (χ2v) is 12.5. The normalized spacial score (nSPS) is 30.5. The van der Waals surface area contributed by atoms with Crippen LogP contribution in [-0.4, -0.2) is 60.0 Å². The van der Waals surface area contributed by atoms with Crippen LogP contribution in [0.4, 0.5) is 0 Å². The topological polar surface area (TPSA) is 59.1 Å². The summed E-state index contributed by atoms with van der Waals surface area (Å²) in [5, 5.41) is 0. The number of aryl methyl sites for hydroxylation is 1. The third kappa shape index (κ3) is 4.02. The summed E-state index contributed by atoms with van der Waals surface area (Å²) in [6.07, 6.45) is 10.1. The van der Waals surface area contributed by atoms with Gasteiger partial charge in [-0.3, -0.25) is 14.5 Å². The molecule has 39 heavy (non-hydrogen) atoms. The first-order chi connectivity index (χ1) is 18.8. The Labute approximate surface area is 231 Å². The average Bonchev–Trinajstić information content (AvgIpc) is 3.67. The van der Waals surface area contributed by atoms with Gasteiger partial charge in [0.2, 0.25) is 5.91 Å². The monoisotopic (exact) mass is 526 g/mol. The van der Waals surface area contributed by atoms with Crippen LogP contribution < -0.4 is 9.47 Å². The van der Waals surface area contributed by atoms with Crippen molar-refractivity contribution in [2.24, 2.45) is 11.8 Å². The minimum absolute atomic E-state index is 0.00951. The van der Waals surface area contributed by atoms with Crippen molar-refractivity contribution >= 4 is 18.0 Å². The van der Waals surface area contributed by atoms with Gasteiger partial charge < -0.3 is 14.4 Å². The van der Waals surface area contributed by atoms with Crippen LogP contribution in [-0.2, 0) is 21.4 Å². The van der Waals surface area contributed by atoms with Gasteiger partial charge in [0.05, 0.1) is 6.04 Å². The summed E-state index contributed by atoms with van der Waals surface area (Å²) in [6, 6.07) is 12.5. The average molecular weight is 527 g/mol.